The Morgan fingerprint density at radius 1 is 1.27 bits per heavy atom. The summed E-state index contributed by atoms with van der Waals surface area (Å²) in [6, 6.07) is 8.11. The van der Waals surface area contributed by atoms with E-state index in [4.69, 9.17) is 14.2 Å². The molecule has 3 aliphatic heterocycles. The minimum absolute atomic E-state index is 0.0237. The molecule has 4 heterocycles. The fraction of sp³-hybridized carbons (Fsp3) is 0.478. The molecule has 0 radical (unpaired) electrons. The molecule has 5 rings (SSSR count). The van der Waals surface area contributed by atoms with Crippen molar-refractivity contribution >= 4 is 22.8 Å². The number of benzene rings is 1. The largest absolute Gasteiger partial charge is 0.497 e. The molecule has 2 aromatic rings. The van der Waals surface area contributed by atoms with Gasteiger partial charge in [-0.2, -0.15) is 0 Å². The Morgan fingerprint density at radius 3 is 2.83 bits per heavy atom. The quantitative estimate of drug-likeness (QED) is 0.767. The van der Waals surface area contributed by atoms with Crippen LogP contribution in [0.25, 0.3) is 10.9 Å². The van der Waals surface area contributed by atoms with Crippen LogP contribution in [0, 0.1) is 11.8 Å². The zero-order valence-electron chi connectivity index (χ0n) is 17.4. The van der Waals surface area contributed by atoms with Gasteiger partial charge in [0, 0.05) is 48.4 Å². The maximum atomic E-state index is 12.6. The third-order valence-electron chi connectivity index (χ3n) is 6.85. The van der Waals surface area contributed by atoms with Crippen molar-refractivity contribution in [2.24, 2.45) is 11.8 Å². The van der Waals surface area contributed by atoms with E-state index in [9.17, 15) is 9.59 Å². The van der Waals surface area contributed by atoms with Crippen LogP contribution in [0.4, 0.5) is 0 Å². The molecule has 30 heavy (non-hydrogen) atoms. The fourth-order valence-corrected chi connectivity index (χ4v) is 5.56. The molecule has 0 amide bonds. The second-order valence-corrected chi connectivity index (χ2v) is 8.42. The molecular weight excluding hydrogens is 384 g/mol. The number of piperidine rings is 1. The number of aromatic amines is 1. The van der Waals surface area contributed by atoms with Gasteiger partial charge in [0.15, 0.2) is 0 Å². The van der Waals surface area contributed by atoms with Crippen molar-refractivity contribution in [1.82, 2.24) is 9.88 Å². The topological polar surface area (TPSA) is 80.9 Å². The Morgan fingerprint density at radius 2 is 2.07 bits per heavy atom. The number of aromatic nitrogens is 1. The van der Waals surface area contributed by atoms with Gasteiger partial charge in [-0.05, 0) is 25.0 Å². The van der Waals surface area contributed by atoms with Crippen LogP contribution in [-0.4, -0.2) is 54.2 Å². The zero-order valence-corrected chi connectivity index (χ0v) is 17.4. The van der Waals surface area contributed by atoms with E-state index in [2.05, 4.69) is 22.0 Å². The molecule has 1 aromatic heterocycles. The van der Waals surface area contributed by atoms with Crippen LogP contribution in [0.1, 0.15) is 31.1 Å². The Labute approximate surface area is 175 Å². The number of methoxy groups -OCH3 is 1. The monoisotopic (exact) mass is 410 g/mol. The first-order valence-electron chi connectivity index (χ1n) is 10.4. The lowest BCUT2D eigenvalue weighted by Gasteiger charge is -2.52. The number of H-pyrrole nitrogens is 1. The molecule has 1 aromatic carbocycles. The zero-order chi connectivity index (χ0) is 21.0. The van der Waals surface area contributed by atoms with Crippen LogP contribution in [0.3, 0.4) is 0 Å². The van der Waals surface area contributed by atoms with Crippen molar-refractivity contribution in [3.05, 3.63) is 47.4 Å². The highest BCUT2D eigenvalue weighted by Gasteiger charge is 2.54. The maximum absolute atomic E-state index is 12.6. The van der Waals surface area contributed by atoms with Crippen molar-refractivity contribution < 1.29 is 23.8 Å². The Hall–Kier alpha value is -2.80. The lowest BCUT2D eigenvalue weighted by atomic mass is 9.70. The van der Waals surface area contributed by atoms with Gasteiger partial charge in [0.2, 0.25) is 0 Å². The number of esters is 2. The number of carbonyl (C=O) groups is 2. The van der Waals surface area contributed by atoms with Gasteiger partial charge in [0.25, 0.3) is 0 Å². The number of carbonyl (C=O) groups excluding carboxylic acids is 2. The fourth-order valence-electron chi connectivity index (χ4n) is 5.56. The summed E-state index contributed by atoms with van der Waals surface area (Å²) in [5.74, 6) is -1.05. The first-order valence-corrected chi connectivity index (χ1v) is 10.4. The van der Waals surface area contributed by atoms with E-state index in [1.54, 1.807) is 0 Å². The number of hydrogen-bond acceptors (Lipinski definition) is 6. The molecule has 1 fully saturated rings. The summed E-state index contributed by atoms with van der Waals surface area (Å²) >= 11 is 0. The van der Waals surface area contributed by atoms with E-state index < -0.39 is 12.1 Å². The number of hydrogen-bond donors (Lipinski definition) is 1. The molecule has 0 aliphatic carbocycles. The average Bonchev–Trinajstić information content (AvgIpc) is 3.12. The molecule has 0 spiro atoms. The van der Waals surface area contributed by atoms with Gasteiger partial charge in [0.1, 0.15) is 6.10 Å². The van der Waals surface area contributed by atoms with Crippen molar-refractivity contribution in [3.8, 4) is 0 Å². The van der Waals surface area contributed by atoms with E-state index >= 15 is 0 Å². The Bertz CT molecular complexity index is 1040. The van der Waals surface area contributed by atoms with Gasteiger partial charge in [0.05, 0.1) is 31.1 Å². The highest BCUT2D eigenvalue weighted by molar-refractivity contribution is 5.89. The van der Waals surface area contributed by atoms with Crippen LogP contribution < -0.4 is 0 Å². The van der Waals surface area contributed by atoms with Crippen molar-refractivity contribution in [3.63, 3.8) is 0 Å². The molecule has 0 saturated carbocycles. The molecular formula is C23H26N2O5. The van der Waals surface area contributed by atoms with Crippen LogP contribution in [0.15, 0.2) is 36.1 Å². The highest BCUT2D eigenvalue weighted by atomic mass is 16.5. The summed E-state index contributed by atoms with van der Waals surface area (Å²) in [6.45, 7) is 5.06. The van der Waals surface area contributed by atoms with Crippen LogP contribution in [0.5, 0.6) is 0 Å². The molecule has 5 atom stereocenters. The molecule has 0 bridgehead atoms. The summed E-state index contributed by atoms with van der Waals surface area (Å²) in [5.41, 5.74) is 3.87. The number of para-hydroxylation sites is 1. The Balaban J connectivity index is 1.66. The molecule has 158 valence electrons. The van der Waals surface area contributed by atoms with Crippen molar-refractivity contribution in [1.29, 1.82) is 0 Å². The van der Waals surface area contributed by atoms with E-state index in [-0.39, 0.29) is 30.0 Å². The molecule has 7 nitrogen and oxygen atoms in total. The smallest absolute Gasteiger partial charge is 0.337 e. The molecule has 3 aliphatic rings. The van der Waals surface area contributed by atoms with Gasteiger partial charge >= 0.3 is 11.9 Å². The van der Waals surface area contributed by atoms with Gasteiger partial charge < -0.3 is 19.2 Å². The normalized spacial score (nSPS) is 30.4. The summed E-state index contributed by atoms with van der Waals surface area (Å²) in [6.07, 6.45) is 1.82. The van der Waals surface area contributed by atoms with Gasteiger partial charge in [-0.15, -0.1) is 0 Å². The first-order chi connectivity index (χ1) is 14.5. The lowest BCUT2D eigenvalue weighted by molar-refractivity contribution is -0.169. The molecule has 1 N–H and O–H groups in total. The SMILES string of the molecule is COC(=O)C1=CO[C@H](C)C2CN3CCc4c([nH]c5ccccc45)C3[C@@H](OC(C)=O)C12. The number of ether oxygens (including phenoxy) is 3. The molecule has 7 heteroatoms. The van der Waals surface area contributed by atoms with Crippen molar-refractivity contribution in [2.75, 3.05) is 20.2 Å². The van der Waals surface area contributed by atoms with E-state index in [0.717, 1.165) is 30.7 Å². The molecule has 3 unspecified atom stereocenters. The predicted octanol–water partition coefficient (Wildman–Crippen LogP) is 2.72. The summed E-state index contributed by atoms with van der Waals surface area (Å²) in [7, 11) is 1.36. The average molecular weight is 410 g/mol. The van der Waals surface area contributed by atoms with Gasteiger partial charge in [-0.1, -0.05) is 18.2 Å². The second kappa shape index (κ2) is 7.16. The number of fused-ring (bicyclic) bond motifs is 6. The standard InChI is InChI=1S/C23H26N2O5/c1-12-16-10-25-9-8-15-14-6-4-5-7-18(14)24-20(15)21(25)22(30-13(2)26)19(16)17(11-29-12)23(27)28-3/h4-7,11-12,16,19,21-22,24H,8-10H2,1-3H3/t12-,16?,19?,21?,22+/m1/s1. The number of nitrogens with zero attached hydrogens (tertiary/aromatic N) is 1. The minimum Gasteiger partial charge on any atom is -0.497 e. The highest BCUT2D eigenvalue weighted by Crippen LogP contribution is 2.49. The van der Waals surface area contributed by atoms with E-state index in [1.165, 1.54) is 31.2 Å². The van der Waals surface area contributed by atoms with Gasteiger partial charge in [-0.25, -0.2) is 4.79 Å². The van der Waals surface area contributed by atoms with E-state index in [1.807, 2.05) is 19.1 Å². The minimum atomic E-state index is -0.509. The number of nitrogens with one attached hydrogen (secondary N) is 1. The maximum Gasteiger partial charge on any atom is 0.337 e. The second-order valence-electron chi connectivity index (χ2n) is 8.42. The number of rotatable bonds is 2. The van der Waals surface area contributed by atoms with Crippen LogP contribution in [0.2, 0.25) is 0 Å². The van der Waals surface area contributed by atoms with E-state index in [0.29, 0.717) is 5.57 Å². The summed E-state index contributed by atoms with van der Waals surface area (Å²) in [5, 5.41) is 1.21. The molecule has 1 saturated heterocycles. The van der Waals surface area contributed by atoms with Crippen LogP contribution >= 0.6 is 0 Å². The predicted molar refractivity (Wildman–Crippen MR) is 109 cm³/mol. The van der Waals surface area contributed by atoms with Crippen LogP contribution in [-0.2, 0) is 30.2 Å². The van der Waals surface area contributed by atoms with Gasteiger partial charge in [-0.3, -0.25) is 9.69 Å². The van der Waals surface area contributed by atoms with Crippen molar-refractivity contribution in [2.45, 2.75) is 38.5 Å². The summed E-state index contributed by atoms with van der Waals surface area (Å²) in [4.78, 5) is 30.7. The summed E-state index contributed by atoms with van der Waals surface area (Å²) < 4.78 is 16.8. The third kappa shape index (κ3) is 2.83. The lowest BCUT2D eigenvalue weighted by Crippen LogP contribution is -2.59. The Kier molecular flexibility index (Phi) is 4.58. The third-order valence-corrected chi connectivity index (χ3v) is 6.85. The first kappa shape index (κ1) is 19.2.